The maximum atomic E-state index is 13.1. The van der Waals surface area contributed by atoms with Gasteiger partial charge in [0.15, 0.2) is 0 Å². The first-order valence-corrected chi connectivity index (χ1v) is 9.94. The van der Waals surface area contributed by atoms with Crippen LogP contribution in [0.2, 0.25) is 0 Å². The van der Waals surface area contributed by atoms with Crippen molar-refractivity contribution in [3.05, 3.63) is 70.8 Å². The molecule has 1 saturated carbocycles. The van der Waals surface area contributed by atoms with Gasteiger partial charge < -0.3 is 10.2 Å². The van der Waals surface area contributed by atoms with Gasteiger partial charge in [-0.15, -0.1) is 0 Å². The van der Waals surface area contributed by atoms with Crippen molar-refractivity contribution in [2.24, 2.45) is 0 Å². The number of hydrogen-bond acceptors (Lipinski definition) is 2. The molecule has 4 heteroatoms. The zero-order chi connectivity index (χ0) is 18.8. The lowest BCUT2D eigenvalue weighted by atomic mass is 9.94. The smallest absolute Gasteiger partial charge is 0.255 e. The molecule has 2 aliphatic rings. The predicted octanol–water partition coefficient (Wildman–Crippen LogP) is 4.47. The lowest BCUT2D eigenvalue weighted by Crippen LogP contribution is -2.37. The van der Waals surface area contributed by atoms with Gasteiger partial charge in [0.2, 0.25) is 0 Å². The molecule has 1 fully saturated rings. The molecule has 1 unspecified atom stereocenters. The molecule has 1 heterocycles. The first-order chi connectivity index (χ1) is 13.1. The minimum absolute atomic E-state index is 0.0232. The van der Waals surface area contributed by atoms with Crippen LogP contribution in [-0.2, 0) is 6.54 Å². The maximum Gasteiger partial charge on any atom is 0.255 e. The first-order valence-electron chi connectivity index (χ1n) is 9.94. The summed E-state index contributed by atoms with van der Waals surface area (Å²) >= 11 is 0. The predicted molar refractivity (Wildman–Crippen MR) is 106 cm³/mol. The molecule has 1 aliphatic heterocycles. The molecule has 2 aromatic rings. The third kappa shape index (κ3) is 3.48. The van der Waals surface area contributed by atoms with Gasteiger partial charge in [0.05, 0.1) is 17.2 Å². The standard InChI is InChI=1S/C23H26N2O2/c1-16(17-9-4-2-5-10-17)24-22(26)20-14-8-11-18-15-25(23(27)21(18)20)19-12-6-3-7-13-19/h2,4-5,8-11,14,16,19H,3,6-7,12-13,15H2,1H3,(H,24,26). The van der Waals surface area contributed by atoms with Crippen LogP contribution in [0.1, 0.15) is 76.9 Å². The Hall–Kier alpha value is -2.62. The summed E-state index contributed by atoms with van der Waals surface area (Å²) in [6.07, 6.45) is 5.79. The van der Waals surface area contributed by atoms with E-state index in [9.17, 15) is 9.59 Å². The highest BCUT2D eigenvalue weighted by atomic mass is 16.2. The van der Waals surface area contributed by atoms with E-state index in [2.05, 4.69) is 5.32 Å². The zero-order valence-corrected chi connectivity index (χ0v) is 15.8. The van der Waals surface area contributed by atoms with Crippen molar-refractivity contribution >= 4 is 11.8 Å². The molecule has 0 radical (unpaired) electrons. The number of carbonyl (C=O) groups excluding carboxylic acids is 2. The average molecular weight is 362 g/mol. The monoisotopic (exact) mass is 362 g/mol. The first kappa shape index (κ1) is 17.8. The fourth-order valence-corrected chi connectivity index (χ4v) is 4.36. The van der Waals surface area contributed by atoms with Gasteiger partial charge in [0, 0.05) is 12.6 Å². The molecule has 1 atom stereocenters. The van der Waals surface area contributed by atoms with E-state index in [1.54, 1.807) is 6.07 Å². The topological polar surface area (TPSA) is 49.4 Å². The highest BCUT2D eigenvalue weighted by Gasteiger charge is 2.36. The highest BCUT2D eigenvalue weighted by molar-refractivity contribution is 6.09. The van der Waals surface area contributed by atoms with E-state index in [1.165, 1.54) is 19.3 Å². The Kier molecular flexibility index (Phi) is 4.97. The molecule has 2 aromatic carbocycles. The number of benzene rings is 2. The van der Waals surface area contributed by atoms with Crippen LogP contribution in [0.25, 0.3) is 0 Å². The molecule has 0 aromatic heterocycles. The van der Waals surface area contributed by atoms with E-state index in [4.69, 9.17) is 0 Å². The van der Waals surface area contributed by atoms with Gasteiger partial charge in [-0.05, 0) is 37.0 Å². The summed E-state index contributed by atoms with van der Waals surface area (Å²) in [5, 5.41) is 3.05. The molecular weight excluding hydrogens is 336 g/mol. The number of nitrogens with one attached hydrogen (secondary N) is 1. The van der Waals surface area contributed by atoms with Crippen LogP contribution in [0.3, 0.4) is 0 Å². The number of nitrogens with zero attached hydrogens (tertiary/aromatic N) is 1. The van der Waals surface area contributed by atoms with E-state index in [0.717, 1.165) is 24.0 Å². The molecule has 2 amide bonds. The molecule has 4 nitrogen and oxygen atoms in total. The molecule has 4 rings (SSSR count). The van der Waals surface area contributed by atoms with Gasteiger partial charge in [-0.25, -0.2) is 0 Å². The lowest BCUT2D eigenvalue weighted by Gasteiger charge is -2.31. The lowest BCUT2D eigenvalue weighted by molar-refractivity contribution is 0.0656. The van der Waals surface area contributed by atoms with Gasteiger partial charge in [0.25, 0.3) is 11.8 Å². The van der Waals surface area contributed by atoms with Crippen molar-refractivity contribution < 1.29 is 9.59 Å². The summed E-state index contributed by atoms with van der Waals surface area (Å²) in [5.41, 5.74) is 3.12. The largest absolute Gasteiger partial charge is 0.345 e. The highest BCUT2D eigenvalue weighted by Crippen LogP contribution is 2.32. The van der Waals surface area contributed by atoms with E-state index >= 15 is 0 Å². The molecule has 1 aliphatic carbocycles. The molecule has 140 valence electrons. The molecule has 0 spiro atoms. The molecule has 0 saturated heterocycles. The van der Waals surface area contributed by atoms with Crippen molar-refractivity contribution in [1.29, 1.82) is 0 Å². The molecule has 0 bridgehead atoms. The van der Waals surface area contributed by atoms with Crippen LogP contribution in [0.4, 0.5) is 0 Å². The number of hydrogen-bond donors (Lipinski definition) is 1. The van der Waals surface area contributed by atoms with Gasteiger partial charge in [-0.3, -0.25) is 9.59 Å². The second kappa shape index (κ2) is 7.55. The third-order valence-corrected chi connectivity index (χ3v) is 5.87. The fraction of sp³-hybridized carbons (Fsp3) is 0.391. The Morgan fingerprint density at radius 3 is 2.52 bits per heavy atom. The van der Waals surface area contributed by atoms with Crippen LogP contribution >= 0.6 is 0 Å². The minimum atomic E-state index is -0.179. The second-order valence-corrected chi connectivity index (χ2v) is 7.67. The van der Waals surface area contributed by atoms with Crippen molar-refractivity contribution in [3.8, 4) is 0 Å². The fourth-order valence-electron chi connectivity index (χ4n) is 4.36. The van der Waals surface area contributed by atoms with Crippen molar-refractivity contribution in [1.82, 2.24) is 10.2 Å². The number of rotatable bonds is 4. The van der Waals surface area contributed by atoms with E-state index in [1.807, 2.05) is 54.3 Å². The summed E-state index contributed by atoms with van der Waals surface area (Å²) in [7, 11) is 0. The van der Waals surface area contributed by atoms with Crippen LogP contribution in [0.15, 0.2) is 48.5 Å². The maximum absolute atomic E-state index is 13.1. The number of carbonyl (C=O) groups is 2. The second-order valence-electron chi connectivity index (χ2n) is 7.67. The van der Waals surface area contributed by atoms with Gasteiger partial charge >= 0.3 is 0 Å². The number of fused-ring (bicyclic) bond motifs is 1. The number of amides is 2. The van der Waals surface area contributed by atoms with Crippen LogP contribution in [0.5, 0.6) is 0 Å². The summed E-state index contributed by atoms with van der Waals surface area (Å²) in [6.45, 7) is 2.60. The van der Waals surface area contributed by atoms with Gasteiger partial charge in [-0.2, -0.15) is 0 Å². The van der Waals surface area contributed by atoms with Crippen molar-refractivity contribution in [2.45, 2.75) is 57.7 Å². The third-order valence-electron chi connectivity index (χ3n) is 5.87. The Labute approximate surface area is 160 Å². The van der Waals surface area contributed by atoms with Crippen molar-refractivity contribution in [2.75, 3.05) is 0 Å². The Balaban J connectivity index is 1.55. The Morgan fingerprint density at radius 1 is 1.04 bits per heavy atom. The van der Waals surface area contributed by atoms with Crippen LogP contribution < -0.4 is 5.32 Å². The van der Waals surface area contributed by atoms with Crippen LogP contribution in [0, 0.1) is 0 Å². The Bertz CT molecular complexity index is 841. The normalized spacial score (nSPS) is 18.3. The van der Waals surface area contributed by atoms with E-state index in [0.29, 0.717) is 23.7 Å². The quantitative estimate of drug-likeness (QED) is 0.873. The SMILES string of the molecule is CC(NC(=O)c1cccc2c1C(=O)N(C1CCCCC1)C2)c1ccccc1. The summed E-state index contributed by atoms with van der Waals surface area (Å²) in [5.74, 6) is -0.155. The molecule has 1 N–H and O–H groups in total. The zero-order valence-electron chi connectivity index (χ0n) is 15.8. The van der Waals surface area contributed by atoms with E-state index in [-0.39, 0.29) is 17.9 Å². The average Bonchev–Trinajstić information content (AvgIpc) is 3.06. The van der Waals surface area contributed by atoms with E-state index < -0.39 is 0 Å². The molecule has 27 heavy (non-hydrogen) atoms. The molecular formula is C23H26N2O2. The van der Waals surface area contributed by atoms with Gasteiger partial charge in [-0.1, -0.05) is 61.7 Å². The summed E-state index contributed by atoms with van der Waals surface area (Å²) < 4.78 is 0. The Morgan fingerprint density at radius 2 is 1.78 bits per heavy atom. The van der Waals surface area contributed by atoms with Crippen molar-refractivity contribution in [3.63, 3.8) is 0 Å². The van der Waals surface area contributed by atoms with Crippen LogP contribution in [-0.4, -0.2) is 22.8 Å². The van der Waals surface area contributed by atoms with Gasteiger partial charge in [0.1, 0.15) is 0 Å². The summed E-state index contributed by atoms with van der Waals surface area (Å²) in [4.78, 5) is 28.0. The minimum Gasteiger partial charge on any atom is -0.345 e. The summed E-state index contributed by atoms with van der Waals surface area (Å²) in [6, 6.07) is 15.7.